The molecule has 4 nitrogen and oxygen atoms in total. The molecule has 1 saturated heterocycles. The molecule has 3 aromatic rings. The molecule has 0 unspecified atom stereocenters. The molecule has 2 aromatic heterocycles. The highest BCUT2D eigenvalue weighted by atomic mass is 35.5. The molecule has 1 amide bonds. The normalized spacial score (nSPS) is 16.0. The molecule has 3 heterocycles. The van der Waals surface area contributed by atoms with Crippen molar-refractivity contribution in [1.29, 1.82) is 0 Å². The number of benzene rings is 1. The third-order valence-corrected chi connectivity index (χ3v) is 5.77. The summed E-state index contributed by atoms with van der Waals surface area (Å²) >= 11 is 12.6. The molecule has 7 heteroatoms. The second-order valence-electron chi connectivity index (χ2n) is 6.13. The van der Waals surface area contributed by atoms with Crippen molar-refractivity contribution in [3.8, 4) is 11.3 Å². The summed E-state index contributed by atoms with van der Waals surface area (Å²) in [7, 11) is 0. The van der Waals surface area contributed by atoms with E-state index >= 15 is 0 Å². The lowest BCUT2D eigenvalue weighted by atomic mass is 10.2. The summed E-state index contributed by atoms with van der Waals surface area (Å²) in [5, 5.41) is 2.20. The van der Waals surface area contributed by atoms with Gasteiger partial charge in [0.25, 0.3) is 5.91 Å². The third kappa shape index (κ3) is 3.36. The van der Waals surface area contributed by atoms with Gasteiger partial charge in [-0.15, -0.1) is 0 Å². The van der Waals surface area contributed by atoms with E-state index < -0.39 is 0 Å². The van der Waals surface area contributed by atoms with Crippen LogP contribution < -0.4 is 5.01 Å². The first kappa shape index (κ1) is 18.1. The Balaban J connectivity index is 1.63. The Morgan fingerprint density at radius 2 is 1.70 bits per heavy atom. The average Bonchev–Trinajstić information content (AvgIpc) is 3.30. The quantitative estimate of drug-likeness (QED) is 0.415. The van der Waals surface area contributed by atoms with Crippen molar-refractivity contribution in [3.05, 3.63) is 75.6 Å². The Kier molecular flexibility index (Phi) is 4.72. The summed E-state index contributed by atoms with van der Waals surface area (Å²) in [6, 6.07) is 15.0. The molecule has 0 radical (unpaired) electrons. The fourth-order valence-electron chi connectivity index (χ4n) is 2.94. The van der Waals surface area contributed by atoms with Gasteiger partial charge in [0, 0.05) is 28.0 Å². The molecule has 27 heavy (non-hydrogen) atoms. The molecule has 1 aliphatic rings. The lowest BCUT2D eigenvalue weighted by molar-refractivity contribution is -0.114. The number of rotatable bonds is 3. The first-order chi connectivity index (χ1) is 12.9. The van der Waals surface area contributed by atoms with Crippen LogP contribution in [0.1, 0.15) is 17.1 Å². The van der Waals surface area contributed by atoms with Gasteiger partial charge in [-0.25, -0.2) is 0 Å². The van der Waals surface area contributed by atoms with Crippen LogP contribution in [0.4, 0.5) is 0 Å². The Hall–Kier alpha value is -2.28. The third-order valence-electron chi connectivity index (χ3n) is 4.24. The Morgan fingerprint density at radius 1 is 1.04 bits per heavy atom. The van der Waals surface area contributed by atoms with Crippen LogP contribution in [0.25, 0.3) is 17.4 Å². The molecule has 0 aliphatic carbocycles. The van der Waals surface area contributed by atoms with Crippen LogP contribution in [0.5, 0.6) is 0 Å². The number of amides is 1. The van der Waals surface area contributed by atoms with Crippen LogP contribution in [0.2, 0.25) is 5.02 Å². The van der Waals surface area contributed by atoms with Crippen LogP contribution >= 0.6 is 35.6 Å². The van der Waals surface area contributed by atoms with E-state index in [9.17, 15) is 4.79 Å². The summed E-state index contributed by atoms with van der Waals surface area (Å²) in [5.74, 6) is 1.16. The summed E-state index contributed by atoms with van der Waals surface area (Å²) in [6.07, 6.45) is 1.73. The number of furan rings is 1. The lowest BCUT2D eigenvalue weighted by Gasteiger charge is -2.20. The maximum atomic E-state index is 12.9. The standard InChI is InChI=1S/C20H15ClN2O2S2/c1-12-3-4-13(2)22(12)23-19(24)18(27-20(23)26)11-16-9-10-17(25-16)14-5-7-15(21)8-6-14/h3-11H,1-2H3/b18-11+. The minimum atomic E-state index is -0.156. The van der Waals surface area contributed by atoms with Crippen LogP contribution in [-0.2, 0) is 4.79 Å². The fourth-order valence-corrected chi connectivity index (χ4v) is 4.28. The lowest BCUT2D eigenvalue weighted by Crippen LogP contribution is -2.39. The number of hydrogen-bond donors (Lipinski definition) is 0. The van der Waals surface area contributed by atoms with E-state index in [1.54, 1.807) is 6.08 Å². The van der Waals surface area contributed by atoms with E-state index in [0.29, 0.717) is 25.8 Å². The van der Waals surface area contributed by atoms with Crippen molar-refractivity contribution in [2.24, 2.45) is 0 Å². The topological polar surface area (TPSA) is 38.4 Å². The van der Waals surface area contributed by atoms with Crippen LogP contribution in [0.15, 0.2) is 57.9 Å². The zero-order chi connectivity index (χ0) is 19.1. The van der Waals surface area contributed by atoms with E-state index in [1.165, 1.54) is 16.8 Å². The van der Waals surface area contributed by atoms with Crippen molar-refractivity contribution >= 4 is 51.9 Å². The van der Waals surface area contributed by atoms with Gasteiger partial charge in [-0.05, 0) is 74.6 Å². The number of carbonyl (C=O) groups is 1. The van der Waals surface area contributed by atoms with Crippen molar-refractivity contribution in [2.45, 2.75) is 13.8 Å². The van der Waals surface area contributed by atoms with Gasteiger partial charge >= 0.3 is 0 Å². The highest BCUT2D eigenvalue weighted by Gasteiger charge is 2.35. The van der Waals surface area contributed by atoms with Gasteiger partial charge in [0.2, 0.25) is 0 Å². The SMILES string of the molecule is Cc1ccc(C)n1N1C(=O)/C(=C\c2ccc(-c3ccc(Cl)cc3)o2)SC1=S. The number of aryl methyl sites for hydroxylation is 2. The predicted molar refractivity (Wildman–Crippen MR) is 114 cm³/mol. The molecular weight excluding hydrogens is 400 g/mol. The van der Waals surface area contributed by atoms with Crippen molar-refractivity contribution in [1.82, 2.24) is 4.68 Å². The molecule has 0 atom stereocenters. The van der Waals surface area contributed by atoms with E-state index in [1.807, 2.05) is 67.1 Å². The number of hydrogen-bond acceptors (Lipinski definition) is 4. The van der Waals surface area contributed by atoms with E-state index in [4.69, 9.17) is 28.2 Å². The summed E-state index contributed by atoms with van der Waals surface area (Å²) in [4.78, 5) is 13.4. The molecule has 0 bridgehead atoms. The smallest absolute Gasteiger partial charge is 0.285 e. The van der Waals surface area contributed by atoms with Gasteiger partial charge in [-0.2, -0.15) is 5.01 Å². The number of nitrogens with zero attached hydrogens (tertiary/aromatic N) is 2. The van der Waals surface area contributed by atoms with E-state index in [2.05, 4.69) is 0 Å². The minimum absolute atomic E-state index is 0.156. The van der Waals surface area contributed by atoms with Gasteiger partial charge in [-0.1, -0.05) is 23.4 Å². The monoisotopic (exact) mass is 414 g/mol. The summed E-state index contributed by atoms with van der Waals surface area (Å²) < 4.78 is 8.21. The zero-order valence-corrected chi connectivity index (χ0v) is 17.0. The Labute approximate surface area is 171 Å². The Morgan fingerprint density at radius 3 is 2.37 bits per heavy atom. The summed E-state index contributed by atoms with van der Waals surface area (Å²) in [5.41, 5.74) is 2.83. The maximum absolute atomic E-state index is 12.9. The van der Waals surface area contributed by atoms with Gasteiger partial charge in [0.05, 0.1) is 4.91 Å². The minimum Gasteiger partial charge on any atom is -0.457 e. The van der Waals surface area contributed by atoms with Crippen LogP contribution in [0.3, 0.4) is 0 Å². The van der Waals surface area contributed by atoms with Gasteiger partial charge < -0.3 is 4.42 Å². The number of thiocarbonyl (C=S) groups is 1. The van der Waals surface area contributed by atoms with Gasteiger partial charge in [0.15, 0.2) is 4.32 Å². The van der Waals surface area contributed by atoms with Gasteiger partial charge in [-0.3, -0.25) is 9.47 Å². The molecule has 4 rings (SSSR count). The zero-order valence-electron chi connectivity index (χ0n) is 14.6. The number of carbonyl (C=O) groups excluding carboxylic acids is 1. The number of aromatic nitrogens is 1. The largest absolute Gasteiger partial charge is 0.457 e. The Bertz CT molecular complexity index is 1060. The molecule has 1 aliphatic heterocycles. The number of thioether (sulfide) groups is 1. The molecule has 0 N–H and O–H groups in total. The molecule has 1 aromatic carbocycles. The molecule has 136 valence electrons. The maximum Gasteiger partial charge on any atom is 0.285 e. The second kappa shape index (κ2) is 7.03. The first-order valence-corrected chi connectivity index (χ1v) is 9.83. The van der Waals surface area contributed by atoms with Crippen LogP contribution in [0, 0.1) is 13.8 Å². The first-order valence-electron chi connectivity index (χ1n) is 8.23. The average molecular weight is 415 g/mol. The fraction of sp³-hybridized carbons (Fsp3) is 0.100. The van der Waals surface area contributed by atoms with Crippen molar-refractivity contribution < 1.29 is 9.21 Å². The highest BCUT2D eigenvalue weighted by molar-refractivity contribution is 8.27. The van der Waals surface area contributed by atoms with E-state index in [-0.39, 0.29) is 5.91 Å². The molecule has 0 saturated carbocycles. The molecular formula is C20H15ClN2O2S2. The molecule has 1 fully saturated rings. The second-order valence-corrected chi connectivity index (χ2v) is 8.24. The van der Waals surface area contributed by atoms with E-state index in [0.717, 1.165) is 17.0 Å². The van der Waals surface area contributed by atoms with Crippen molar-refractivity contribution in [2.75, 3.05) is 5.01 Å². The highest BCUT2D eigenvalue weighted by Crippen LogP contribution is 2.34. The predicted octanol–water partition coefficient (Wildman–Crippen LogP) is 5.56. The van der Waals surface area contributed by atoms with Crippen molar-refractivity contribution in [3.63, 3.8) is 0 Å². The van der Waals surface area contributed by atoms with Crippen LogP contribution in [-0.4, -0.2) is 14.9 Å². The molecule has 0 spiro atoms. The summed E-state index contributed by atoms with van der Waals surface area (Å²) in [6.45, 7) is 3.89. The van der Waals surface area contributed by atoms with Gasteiger partial charge in [0.1, 0.15) is 11.5 Å². The number of halogens is 1.